The molecule has 2 heterocycles. The highest BCUT2D eigenvalue weighted by Crippen LogP contribution is 2.17. The topological polar surface area (TPSA) is 71.8 Å². The summed E-state index contributed by atoms with van der Waals surface area (Å²) in [5.41, 5.74) is 0.475. The third-order valence-electron chi connectivity index (χ3n) is 3.21. The number of carbonyl (C=O) groups excluding carboxylic acids is 1. The van der Waals surface area contributed by atoms with E-state index in [0.717, 1.165) is 25.9 Å². The van der Waals surface area contributed by atoms with E-state index in [1.54, 1.807) is 6.20 Å². The SMILES string of the molecule is CC(C)(C)CNC(=O)c1cn(C2CCNCC2)nn1. The van der Waals surface area contributed by atoms with Crippen LogP contribution in [0.3, 0.4) is 0 Å². The first kappa shape index (κ1) is 14.0. The van der Waals surface area contributed by atoms with Crippen molar-refractivity contribution < 1.29 is 4.79 Å². The van der Waals surface area contributed by atoms with Crippen LogP contribution in [0.15, 0.2) is 6.20 Å². The average molecular weight is 265 g/mol. The third kappa shape index (κ3) is 4.02. The molecule has 0 bridgehead atoms. The van der Waals surface area contributed by atoms with Crippen LogP contribution in [0.5, 0.6) is 0 Å². The van der Waals surface area contributed by atoms with Gasteiger partial charge in [-0.2, -0.15) is 0 Å². The van der Waals surface area contributed by atoms with Crippen LogP contribution in [0.2, 0.25) is 0 Å². The lowest BCUT2D eigenvalue weighted by molar-refractivity contribution is 0.0934. The molecule has 1 fully saturated rings. The Morgan fingerprint density at radius 1 is 1.47 bits per heavy atom. The lowest BCUT2D eigenvalue weighted by Gasteiger charge is -2.22. The molecule has 0 saturated carbocycles. The van der Waals surface area contributed by atoms with Crippen molar-refractivity contribution in [3.8, 4) is 0 Å². The van der Waals surface area contributed by atoms with Crippen molar-refractivity contribution >= 4 is 5.91 Å². The average Bonchev–Trinajstić information content (AvgIpc) is 2.86. The number of amides is 1. The highest BCUT2D eigenvalue weighted by atomic mass is 16.2. The Labute approximate surface area is 113 Å². The highest BCUT2D eigenvalue weighted by Gasteiger charge is 2.19. The number of carbonyl (C=O) groups is 1. The monoisotopic (exact) mass is 265 g/mol. The van der Waals surface area contributed by atoms with E-state index in [1.807, 2.05) is 4.68 Å². The van der Waals surface area contributed by atoms with Gasteiger partial charge in [0.25, 0.3) is 5.91 Å². The van der Waals surface area contributed by atoms with Crippen LogP contribution in [0, 0.1) is 5.41 Å². The normalized spacial score (nSPS) is 17.4. The van der Waals surface area contributed by atoms with Crippen molar-refractivity contribution in [2.24, 2.45) is 5.41 Å². The number of rotatable bonds is 3. The first-order chi connectivity index (χ1) is 8.96. The first-order valence-corrected chi connectivity index (χ1v) is 6.86. The van der Waals surface area contributed by atoms with E-state index in [0.29, 0.717) is 18.3 Å². The first-order valence-electron chi connectivity index (χ1n) is 6.86. The van der Waals surface area contributed by atoms with Crippen LogP contribution in [0.4, 0.5) is 0 Å². The van der Waals surface area contributed by atoms with E-state index in [2.05, 4.69) is 41.7 Å². The molecule has 1 aliphatic rings. The smallest absolute Gasteiger partial charge is 0.273 e. The Hall–Kier alpha value is -1.43. The van der Waals surface area contributed by atoms with Crippen LogP contribution in [-0.4, -0.2) is 40.5 Å². The maximum atomic E-state index is 11.9. The van der Waals surface area contributed by atoms with Gasteiger partial charge < -0.3 is 10.6 Å². The number of aromatic nitrogens is 3. The van der Waals surface area contributed by atoms with Gasteiger partial charge in [-0.1, -0.05) is 26.0 Å². The highest BCUT2D eigenvalue weighted by molar-refractivity contribution is 5.91. The zero-order valence-corrected chi connectivity index (χ0v) is 11.9. The summed E-state index contributed by atoms with van der Waals surface area (Å²) in [5.74, 6) is -0.143. The second-order valence-electron chi connectivity index (χ2n) is 6.31. The molecule has 0 aromatic carbocycles. The fourth-order valence-corrected chi connectivity index (χ4v) is 2.07. The number of hydrogen-bond acceptors (Lipinski definition) is 4. The Balaban J connectivity index is 1.94. The Bertz CT molecular complexity index is 428. The summed E-state index contributed by atoms with van der Waals surface area (Å²) in [6.07, 6.45) is 3.83. The lowest BCUT2D eigenvalue weighted by Crippen LogP contribution is -2.32. The number of nitrogens with one attached hydrogen (secondary N) is 2. The molecule has 1 aliphatic heterocycles. The van der Waals surface area contributed by atoms with Crippen LogP contribution < -0.4 is 10.6 Å². The van der Waals surface area contributed by atoms with Gasteiger partial charge in [-0.15, -0.1) is 5.10 Å². The zero-order chi connectivity index (χ0) is 13.9. The minimum Gasteiger partial charge on any atom is -0.350 e. The van der Waals surface area contributed by atoms with Gasteiger partial charge in [0.15, 0.2) is 5.69 Å². The largest absolute Gasteiger partial charge is 0.350 e. The molecular weight excluding hydrogens is 242 g/mol. The van der Waals surface area contributed by atoms with Gasteiger partial charge in [-0.3, -0.25) is 4.79 Å². The van der Waals surface area contributed by atoms with E-state index in [-0.39, 0.29) is 11.3 Å². The molecule has 1 saturated heterocycles. The van der Waals surface area contributed by atoms with Crippen molar-refractivity contribution in [1.82, 2.24) is 25.6 Å². The molecular formula is C13H23N5O. The fourth-order valence-electron chi connectivity index (χ4n) is 2.07. The summed E-state index contributed by atoms with van der Waals surface area (Å²) in [4.78, 5) is 11.9. The van der Waals surface area contributed by atoms with Gasteiger partial charge in [0.2, 0.25) is 0 Å². The Morgan fingerprint density at radius 3 is 2.79 bits per heavy atom. The maximum absolute atomic E-state index is 11.9. The van der Waals surface area contributed by atoms with Gasteiger partial charge in [0.05, 0.1) is 12.2 Å². The van der Waals surface area contributed by atoms with Crippen LogP contribution in [0.25, 0.3) is 0 Å². The molecule has 0 unspecified atom stereocenters. The van der Waals surface area contributed by atoms with Crippen molar-refractivity contribution in [1.29, 1.82) is 0 Å². The number of nitrogens with zero attached hydrogens (tertiary/aromatic N) is 3. The molecule has 1 aromatic rings. The second-order valence-corrected chi connectivity index (χ2v) is 6.31. The quantitative estimate of drug-likeness (QED) is 0.854. The van der Waals surface area contributed by atoms with Crippen LogP contribution in [-0.2, 0) is 0 Å². The molecule has 1 aromatic heterocycles. The summed E-state index contributed by atoms with van der Waals surface area (Å²) in [6, 6.07) is 0.359. The Morgan fingerprint density at radius 2 is 2.16 bits per heavy atom. The fraction of sp³-hybridized carbons (Fsp3) is 0.769. The van der Waals surface area contributed by atoms with E-state index < -0.39 is 0 Å². The minimum absolute atomic E-state index is 0.0701. The molecule has 0 aliphatic carbocycles. The van der Waals surface area contributed by atoms with Gasteiger partial charge in [0, 0.05) is 6.54 Å². The number of hydrogen-bond donors (Lipinski definition) is 2. The molecule has 1 amide bonds. The number of piperidine rings is 1. The predicted octanol–water partition coefficient (Wildman–Crippen LogP) is 0.978. The summed E-state index contributed by atoms with van der Waals surface area (Å²) >= 11 is 0. The van der Waals surface area contributed by atoms with E-state index in [9.17, 15) is 4.79 Å². The van der Waals surface area contributed by atoms with E-state index in [1.165, 1.54) is 0 Å². The summed E-state index contributed by atoms with van der Waals surface area (Å²) < 4.78 is 1.83. The molecule has 6 heteroatoms. The predicted molar refractivity (Wildman–Crippen MR) is 73.0 cm³/mol. The molecule has 0 atom stereocenters. The van der Waals surface area contributed by atoms with Crippen molar-refractivity contribution in [2.75, 3.05) is 19.6 Å². The third-order valence-corrected chi connectivity index (χ3v) is 3.21. The standard InChI is InChI=1S/C13H23N5O/c1-13(2,3)9-15-12(19)11-8-18(17-16-11)10-4-6-14-7-5-10/h8,10,14H,4-7,9H2,1-3H3,(H,15,19). The molecule has 2 N–H and O–H groups in total. The van der Waals surface area contributed by atoms with Crippen LogP contribution >= 0.6 is 0 Å². The lowest BCUT2D eigenvalue weighted by atomic mass is 9.97. The van der Waals surface area contributed by atoms with Crippen molar-refractivity contribution in [2.45, 2.75) is 39.7 Å². The van der Waals surface area contributed by atoms with Gasteiger partial charge in [-0.05, 0) is 31.3 Å². The van der Waals surface area contributed by atoms with Gasteiger partial charge in [0.1, 0.15) is 0 Å². The van der Waals surface area contributed by atoms with E-state index in [4.69, 9.17) is 0 Å². The van der Waals surface area contributed by atoms with Crippen molar-refractivity contribution in [3.05, 3.63) is 11.9 Å². The molecule has 0 radical (unpaired) electrons. The van der Waals surface area contributed by atoms with Crippen molar-refractivity contribution in [3.63, 3.8) is 0 Å². The molecule has 106 valence electrons. The van der Waals surface area contributed by atoms with Gasteiger partial charge >= 0.3 is 0 Å². The second kappa shape index (κ2) is 5.69. The zero-order valence-electron chi connectivity index (χ0n) is 11.9. The maximum Gasteiger partial charge on any atom is 0.273 e. The summed E-state index contributed by atoms with van der Waals surface area (Å²) in [7, 11) is 0. The molecule has 19 heavy (non-hydrogen) atoms. The van der Waals surface area contributed by atoms with Crippen LogP contribution in [0.1, 0.15) is 50.1 Å². The molecule has 2 rings (SSSR count). The van der Waals surface area contributed by atoms with Gasteiger partial charge in [-0.25, -0.2) is 4.68 Å². The molecule has 6 nitrogen and oxygen atoms in total. The molecule has 0 spiro atoms. The minimum atomic E-state index is -0.143. The van der Waals surface area contributed by atoms with E-state index >= 15 is 0 Å². The summed E-state index contributed by atoms with van der Waals surface area (Å²) in [5, 5.41) is 14.3. The Kier molecular flexibility index (Phi) is 4.19. The summed E-state index contributed by atoms with van der Waals surface area (Å²) in [6.45, 7) is 8.87.